The van der Waals surface area contributed by atoms with Crippen LogP contribution in [0.25, 0.3) is 0 Å². The molecule has 5 nitrogen and oxygen atoms in total. The maximum atomic E-state index is 11.7. The molecule has 1 aromatic carbocycles. The van der Waals surface area contributed by atoms with Crippen molar-refractivity contribution in [3.05, 3.63) is 23.8 Å². The maximum absolute atomic E-state index is 11.7. The monoisotopic (exact) mass is 292 g/mol. The Bertz CT molecular complexity index is 484. The van der Waals surface area contributed by atoms with E-state index in [-0.39, 0.29) is 17.7 Å². The Morgan fingerprint density at radius 1 is 1.52 bits per heavy atom. The van der Waals surface area contributed by atoms with Gasteiger partial charge >= 0.3 is 0 Å². The minimum absolute atomic E-state index is 0.000253. The second-order valence-corrected chi connectivity index (χ2v) is 5.52. The van der Waals surface area contributed by atoms with E-state index in [1.807, 2.05) is 19.9 Å². The third-order valence-corrected chi connectivity index (χ3v) is 3.67. The van der Waals surface area contributed by atoms with Gasteiger partial charge in [-0.05, 0) is 38.0 Å². The summed E-state index contributed by atoms with van der Waals surface area (Å²) in [4.78, 5) is 11.7. The fourth-order valence-corrected chi connectivity index (χ4v) is 2.54. The average molecular weight is 292 g/mol. The Balaban J connectivity index is 2.04. The van der Waals surface area contributed by atoms with Crippen LogP contribution in [0.5, 0.6) is 5.75 Å². The standard InChI is InChI=1S/C16H24N2O3/c1-3-4-16(20)18-12-5-6-15(19)14(9-12)11(2)17-13-7-8-21-10-13/h5-6,9,11,13,17,19H,3-4,7-8,10H2,1-2H3,(H,18,20). The van der Waals surface area contributed by atoms with Gasteiger partial charge in [0, 0.05) is 36.4 Å². The highest BCUT2D eigenvalue weighted by atomic mass is 16.5. The van der Waals surface area contributed by atoms with Crippen LogP contribution in [0.4, 0.5) is 5.69 Å². The third-order valence-electron chi connectivity index (χ3n) is 3.67. The van der Waals surface area contributed by atoms with Gasteiger partial charge in [0.2, 0.25) is 5.91 Å². The number of phenolic OH excluding ortho intramolecular Hbond substituents is 1. The van der Waals surface area contributed by atoms with Gasteiger partial charge in [0.15, 0.2) is 0 Å². The summed E-state index contributed by atoms with van der Waals surface area (Å²) in [5.74, 6) is 0.237. The number of amides is 1. The molecule has 3 N–H and O–H groups in total. The first-order chi connectivity index (χ1) is 10.1. The molecule has 1 aliphatic rings. The zero-order chi connectivity index (χ0) is 15.2. The van der Waals surface area contributed by atoms with E-state index in [0.717, 1.165) is 30.7 Å². The van der Waals surface area contributed by atoms with Gasteiger partial charge in [-0.3, -0.25) is 4.79 Å². The van der Waals surface area contributed by atoms with Gasteiger partial charge in [-0.25, -0.2) is 0 Å². The van der Waals surface area contributed by atoms with Crippen LogP contribution < -0.4 is 10.6 Å². The fourth-order valence-electron chi connectivity index (χ4n) is 2.54. The van der Waals surface area contributed by atoms with Crippen LogP contribution in [0.15, 0.2) is 18.2 Å². The maximum Gasteiger partial charge on any atom is 0.224 e. The van der Waals surface area contributed by atoms with E-state index in [9.17, 15) is 9.90 Å². The summed E-state index contributed by atoms with van der Waals surface area (Å²) in [7, 11) is 0. The number of ether oxygens (including phenoxy) is 1. The quantitative estimate of drug-likeness (QED) is 0.705. The minimum atomic E-state index is -0.000977. The Morgan fingerprint density at radius 2 is 2.33 bits per heavy atom. The number of carbonyl (C=O) groups is 1. The highest BCUT2D eigenvalue weighted by molar-refractivity contribution is 5.90. The zero-order valence-electron chi connectivity index (χ0n) is 12.7. The summed E-state index contributed by atoms with van der Waals surface area (Å²) in [6, 6.07) is 5.49. The number of benzene rings is 1. The molecule has 2 atom stereocenters. The van der Waals surface area contributed by atoms with Crippen molar-refractivity contribution in [1.29, 1.82) is 0 Å². The molecule has 2 unspecified atom stereocenters. The second kappa shape index (κ2) is 7.43. The van der Waals surface area contributed by atoms with Crippen LogP contribution in [-0.4, -0.2) is 30.3 Å². The first-order valence-electron chi connectivity index (χ1n) is 7.56. The molecular weight excluding hydrogens is 268 g/mol. The van der Waals surface area contributed by atoms with E-state index >= 15 is 0 Å². The van der Waals surface area contributed by atoms with Crippen LogP contribution in [0, 0.1) is 0 Å². The lowest BCUT2D eigenvalue weighted by Crippen LogP contribution is -2.31. The lowest BCUT2D eigenvalue weighted by molar-refractivity contribution is -0.116. The van der Waals surface area contributed by atoms with Gasteiger partial charge in [-0.1, -0.05) is 6.92 Å². The Hall–Kier alpha value is -1.59. The average Bonchev–Trinajstić information content (AvgIpc) is 2.94. The molecule has 0 radical (unpaired) electrons. The molecule has 2 rings (SSSR count). The summed E-state index contributed by atoms with van der Waals surface area (Å²) in [5, 5.41) is 16.3. The summed E-state index contributed by atoms with van der Waals surface area (Å²) < 4.78 is 5.35. The molecule has 5 heteroatoms. The largest absolute Gasteiger partial charge is 0.508 e. The van der Waals surface area contributed by atoms with Crippen molar-refractivity contribution >= 4 is 11.6 Å². The van der Waals surface area contributed by atoms with Crippen molar-refractivity contribution in [1.82, 2.24) is 5.32 Å². The molecule has 1 aliphatic heterocycles. The normalized spacial score (nSPS) is 19.4. The Labute approximate surface area is 125 Å². The molecule has 0 aliphatic carbocycles. The predicted molar refractivity (Wildman–Crippen MR) is 82.4 cm³/mol. The molecule has 0 bridgehead atoms. The van der Waals surface area contributed by atoms with E-state index in [1.165, 1.54) is 0 Å². The van der Waals surface area contributed by atoms with E-state index < -0.39 is 0 Å². The molecule has 0 spiro atoms. The van der Waals surface area contributed by atoms with Gasteiger partial charge in [-0.15, -0.1) is 0 Å². The van der Waals surface area contributed by atoms with E-state index in [1.54, 1.807) is 12.1 Å². The van der Waals surface area contributed by atoms with Crippen LogP contribution in [0.3, 0.4) is 0 Å². The topological polar surface area (TPSA) is 70.6 Å². The van der Waals surface area contributed by atoms with Gasteiger partial charge < -0.3 is 20.5 Å². The number of anilines is 1. The molecule has 1 aromatic rings. The highest BCUT2D eigenvalue weighted by Crippen LogP contribution is 2.28. The molecule has 0 aromatic heterocycles. The van der Waals surface area contributed by atoms with Crippen molar-refractivity contribution in [3.63, 3.8) is 0 Å². The Kier molecular flexibility index (Phi) is 5.59. The van der Waals surface area contributed by atoms with Crippen molar-refractivity contribution in [3.8, 4) is 5.75 Å². The molecule has 1 amide bonds. The van der Waals surface area contributed by atoms with Crippen LogP contribution >= 0.6 is 0 Å². The van der Waals surface area contributed by atoms with E-state index in [2.05, 4.69) is 10.6 Å². The van der Waals surface area contributed by atoms with Crippen molar-refractivity contribution < 1.29 is 14.6 Å². The van der Waals surface area contributed by atoms with Crippen LogP contribution in [0.2, 0.25) is 0 Å². The summed E-state index contributed by atoms with van der Waals surface area (Å²) in [6.07, 6.45) is 2.30. The molecule has 1 fully saturated rings. The number of rotatable bonds is 6. The Morgan fingerprint density at radius 3 is 3.00 bits per heavy atom. The number of aromatic hydroxyl groups is 1. The van der Waals surface area contributed by atoms with Crippen LogP contribution in [0.1, 0.15) is 44.7 Å². The van der Waals surface area contributed by atoms with Gasteiger partial charge in [-0.2, -0.15) is 0 Å². The van der Waals surface area contributed by atoms with Crippen molar-refractivity contribution in [2.45, 2.75) is 45.2 Å². The third kappa shape index (κ3) is 4.44. The number of hydrogen-bond donors (Lipinski definition) is 3. The number of hydrogen-bond acceptors (Lipinski definition) is 4. The van der Waals surface area contributed by atoms with Crippen LogP contribution in [-0.2, 0) is 9.53 Å². The summed E-state index contributed by atoms with van der Waals surface area (Å²) >= 11 is 0. The predicted octanol–water partition coefficient (Wildman–Crippen LogP) is 2.57. The summed E-state index contributed by atoms with van der Waals surface area (Å²) in [6.45, 7) is 5.46. The fraction of sp³-hybridized carbons (Fsp3) is 0.562. The highest BCUT2D eigenvalue weighted by Gasteiger charge is 2.20. The van der Waals surface area contributed by atoms with Crippen molar-refractivity contribution in [2.24, 2.45) is 0 Å². The smallest absolute Gasteiger partial charge is 0.224 e. The van der Waals surface area contributed by atoms with E-state index in [0.29, 0.717) is 19.1 Å². The SMILES string of the molecule is CCCC(=O)Nc1ccc(O)c(C(C)NC2CCOC2)c1. The van der Waals surface area contributed by atoms with Crippen molar-refractivity contribution in [2.75, 3.05) is 18.5 Å². The molecule has 1 saturated heterocycles. The number of phenols is 1. The first-order valence-corrected chi connectivity index (χ1v) is 7.56. The number of nitrogens with one attached hydrogen (secondary N) is 2. The molecule has 21 heavy (non-hydrogen) atoms. The minimum Gasteiger partial charge on any atom is -0.508 e. The van der Waals surface area contributed by atoms with Gasteiger partial charge in [0.05, 0.1) is 6.61 Å². The first kappa shape index (κ1) is 15.8. The molecule has 0 saturated carbocycles. The van der Waals surface area contributed by atoms with E-state index in [4.69, 9.17) is 4.74 Å². The second-order valence-electron chi connectivity index (χ2n) is 5.52. The number of carbonyl (C=O) groups excluding carboxylic acids is 1. The lowest BCUT2D eigenvalue weighted by atomic mass is 10.0. The zero-order valence-corrected chi connectivity index (χ0v) is 12.7. The van der Waals surface area contributed by atoms with Gasteiger partial charge in [0.25, 0.3) is 0 Å². The lowest BCUT2D eigenvalue weighted by Gasteiger charge is -2.20. The molecule has 1 heterocycles. The van der Waals surface area contributed by atoms with Gasteiger partial charge in [0.1, 0.15) is 5.75 Å². The molecular formula is C16H24N2O3. The summed E-state index contributed by atoms with van der Waals surface area (Å²) in [5.41, 5.74) is 1.51. The molecule has 116 valence electrons.